The topological polar surface area (TPSA) is 61.1 Å². The Balaban J connectivity index is 1.54. The molecule has 6 nitrogen and oxygen atoms in total. The van der Waals surface area contributed by atoms with Gasteiger partial charge in [0.05, 0.1) is 19.0 Å². The van der Waals surface area contributed by atoms with Crippen LogP contribution in [0.3, 0.4) is 0 Å². The third kappa shape index (κ3) is 4.22. The normalized spacial score (nSPS) is 12.3. The number of fused-ring (bicyclic) bond motifs is 1. The van der Waals surface area contributed by atoms with Crippen LogP contribution in [-0.2, 0) is 22.6 Å². The minimum absolute atomic E-state index is 0.0324. The van der Waals surface area contributed by atoms with Gasteiger partial charge in [-0.3, -0.25) is 4.79 Å². The van der Waals surface area contributed by atoms with Crippen molar-refractivity contribution in [1.29, 1.82) is 0 Å². The van der Waals surface area contributed by atoms with E-state index in [9.17, 15) is 9.18 Å². The van der Waals surface area contributed by atoms with E-state index in [-0.39, 0.29) is 24.4 Å². The molecule has 0 saturated carbocycles. The second-order valence-corrected chi connectivity index (χ2v) is 7.56. The van der Waals surface area contributed by atoms with E-state index < -0.39 is 0 Å². The molecule has 0 fully saturated rings. The number of hydrogen-bond acceptors (Lipinski definition) is 4. The third-order valence-electron chi connectivity index (χ3n) is 5.56. The predicted molar refractivity (Wildman–Crippen MR) is 117 cm³/mol. The molecule has 7 heteroatoms. The first-order valence-corrected chi connectivity index (χ1v) is 10.2. The average molecular weight is 420 g/mol. The largest absolute Gasteiger partial charge is 0.468 e. The maximum Gasteiger partial charge on any atom is 0.325 e. The van der Waals surface area contributed by atoms with Gasteiger partial charge >= 0.3 is 5.97 Å². The quantitative estimate of drug-likeness (QED) is 0.453. The van der Waals surface area contributed by atoms with Crippen LogP contribution in [0.1, 0.15) is 29.8 Å². The fraction of sp³-hybridized carbons (Fsp3) is 0.250. The SMILES string of the molecule is COC(=O)Cn1cc(CNC(C)c2cnn(-c3cccc(F)c3)c2C)c2ccccc21. The zero-order valence-electron chi connectivity index (χ0n) is 17.8. The summed E-state index contributed by atoms with van der Waals surface area (Å²) in [6.45, 7) is 4.85. The minimum atomic E-state index is -0.288. The van der Waals surface area contributed by atoms with E-state index in [0.717, 1.165) is 27.7 Å². The molecule has 4 rings (SSSR count). The number of aromatic nitrogens is 3. The summed E-state index contributed by atoms with van der Waals surface area (Å²) in [4.78, 5) is 11.8. The van der Waals surface area contributed by atoms with Crippen LogP contribution in [0.2, 0.25) is 0 Å². The first-order chi connectivity index (χ1) is 15.0. The summed E-state index contributed by atoms with van der Waals surface area (Å²) in [5, 5.41) is 9.10. The van der Waals surface area contributed by atoms with Crippen molar-refractivity contribution in [2.75, 3.05) is 7.11 Å². The van der Waals surface area contributed by atoms with Crippen LogP contribution in [-0.4, -0.2) is 27.4 Å². The molecule has 0 aliphatic heterocycles. The van der Waals surface area contributed by atoms with Gasteiger partial charge in [-0.2, -0.15) is 5.10 Å². The van der Waals surface area contributed by atoms with Gasteiger partial charge in [0.1, 0.15) is 12.4 Å². The highest BCUT2D eigenvalue weighted by Crippen LogP contribution is 2.24. The van der Waals surface area contributed by atoms with Crippen LogP contribution >= 0.6 is 0 Å². The van der Waals surface area contributed by atoms with Gasteiger partial charge in [-0.25, -0.2) is 9.07 Å². The van der Waals surface area contributed by atoms with Crippen molar-refractivity contribution in [3.05, 3.63) is 83.6 Å². The van der Waals surface area contributed by atoms with Crippen LogP contribution in [0.15, 0.2) is 60.9 Å². The Morgan fingerprint density at radius 1 is 1.23 bits per heavy atom. The molecular weight excluding hydrogens is 395 g/mol. The molecule has 2 aromatic carbocycles. The van der Waals surface area contributed by atoms with Gasteiger partial charge in [0.15, 0.2) is 0 Å². The molecule has 0 amide bonds. The van der Waals surface area contributed by atoms with Gasteiger partial charge in [-0.1, -0.05) is 24.3 Å². The zero-order valence-corrected chi connectivity index (χ0v) is 17.8. The molecule has 1 unspecified atom stereocenters. The molecule has 0 radical (unpaired) electrons. The molecule has 2 heterocycles. The monoisotopic (exact) mass is 420 g/mol. The van der Waals surface area contributed by atoms with Crippen molar-refractivity contribution in [2.24, 2.45) is 0 Å². The summed E-state index contributed by atoms with van der Waals surface area (Å²) < 4.78 is 22.1. The number of ether oxygens (including phenoxy) is 1. The molecular formula is C24H25FN4O2. The van der Waals surface area contributed by atoms with Crippen molar-refractivity contribution in [3.8, 4) is 5.69 Å². The fourth-order valence-corrected chi connectivity index (χ4v) is 3.89. The highest BCUT2D eigenvalue weighted by Gasteiger charge is 2.16. The summed E-state index contributed by atoms with van der Waals surface area (Å²) in [6, 6.07) is 14.4. The van der Waals surface area contributed by atoms with E-state index in [1.54, 1.807) is 10.7 Å². The number of carbonyl (C=O) groups is 1. The Kier molecular flexibility index (Phi) is 5.86. The standard InChI is InChI=1S/C24H25FN4O2/c1-16(22-13-27-29(17(22)2)20-8-6-7-19(25)11-20)26-12-18-14-28(15-24(30)31-3)23-10-5-4-9-21(18)23/h4-11,13-14,16,26H,12,15H2,1-3H3. The smallest absolute Gasteiger partial charge is 0.325 e. The minimum Gasteiger partial charge on any atom is -0.468 e. The number of para-hydroxylation sites is 1. The molecule has 0 bridgehead atoms. The van der Waals surface area contributed by atoms with Crippen molar-refractivity contribution in [1.82, 2.24) is 19.7 Å². The van der Waals surface area contributed by atoms with Gasteiger partial charge in [-0.15, -0.1) is 0 Å². The molecule has 1 atom stereocenters. The molecule has 0 aliphatic rings. The number of nitrogens with one attached hydrogen (secondary N) is 1. The van der Waals surface area contributed by atoms with E-state index in [1.165, 1.54) is 19.2 Å². The van der Waals surface area contributed by atoms with Crippen LogP contribution in [0.5, 0.6) is 0 Å². The van der Waals surface area contributed by atoms with Crippen LogP contribution < -0.4 is 5.32 Å². The highest BCUT2D eigenvalue weighted by molar-refractivity contribution is 5.85. The molecule has 0 spiro atoms. The molecule has 160 valence electrons. The van der Waals surface area contributed by atoms with Crippen molar-refractivity contribution < 1.29 is 13.9 Å². The van der Waals surface area contributed by atoms with E-state index >= 15 is 0 Å². The fourth-order valence-electron chi connectivity index (χ4n) is 3.89. The maximum absolute atomic E-state index is 13.6. The molecule has 1 N–H and O–H groups in total. The summed E-state index contributed by atoms with van der Waals surface area (Å²) in [5.74, 6) is -0.572. The Bertz CT molecular complexity index is 1230. The van der Waals surface area contributed by atoms with Gasteiger partial charge in [0.25, 0.3) is 0 Å². The summed E-state index contributed by atoms with van der Waals surface area (Å²) in [6.07, 6.45) is 3.81. The van der Waals surface area contributed by atoms with Crippen molar-refractivity contribution >= 4 is 16.9 Å². The van der Waals surface area contributed by atoms with Crippen LogP contribution in [0.4, 0.5) is 4.39 Å². The highest BCUT2D eigenvalue weighted by atomic mass is 19.1. The molecule has 0 saturated heterocycles. The average Bonchev–Trinajstić information content (AvgIpc) is 3.32. The van der Waals surface area contributed by atoms with E-state index in [4.69, 9.17) is 4.74 Å². The van der Waals surface area contributed by atoms with Gasteiger partial charge in [0, 0.05) is 40.9 Å². The number of esters is 1. The van der Waals surface area contributed by atoms with Gasteiger partial charge < -0.3 is 14.6 Å². The summed E-state index contributed by atoms with van der Waals surface area (Å²) in [5.41, 5.74) is 4.79. The summed E-state index contributed by atoms with van der Waals surface area (Å²) >= 11 is 0. The van der Waals surface area contributed by atoms with E-state index in [2.05, 4.69) is 23.4 Å². The Morgan fingerprint density at radius 3 is 2.81 bits per heavy atom. The van der Waals surface area contributed by atoms with Crippen LogP contribution in [0.25, 0.3) is 16.6 Å². The molecule has 31 heavy (non-hydrogen) atoms. The Labute approximate surface area is 180 Å². The van der Waals surface area contributed by atoms with Gasteiger partial charge in [0.2, 0.25) is 0 Å². The number of rotatable bonds is 7. The van der Waals surface area contributed by atoms with E-state index in [0.29, 0.717) is 12.2 Å². The summed E-state index contributed by atoms with van der Waals surface area (Å²) in [7, 11) is 1.39. The number of halogens is 1. The number of nitrogens with zero attached hydrogens (tertiary/aromatic N) is 3. The molecule has 4 aromatic rings. The van der Waals surface area contributed by atoms with Crippen molar-refractivity contribution in [2.45, 2.75) is 33.0 Å². The number of methoxy groups -OCH3 is 1. The lowest BCUT2D eigenvalue weighted by molar-refractivity contribution is -0.141. The third-order valence-corrected chi connectivity index (χ3v) is 5.56. The lowest BCUT2D eigenvalue weighted by Gasteiger charge is -2.14. The molecule has 0 aliphatic carbocycles. The Hall–Kier alpha value is -3.45. The maximum atomic E-state index is 13.6. The second-order valence-electron chi connectivity index (χ2n) is 7.56. The second kappa shape index (κ2) is 8.73. The van der Waals surface area contributed by atoms with E-state index in [1.807, 2.05) is 48.1 Å². The van der Waals surface area contributed by atoms with Crippen molar-refractivity contribution in [3.63, 3.8) is 0 Å². The Morgan fingerprint density at radius 2 is 2.03 bits per heavy atom. The van der Waals surface area contributed by atoms with Gasteiger partial charge in [-0.05, 0) is 43.7 Å². The van der Waals surface area contributed by atoms with Crippen LogP contribution in [0, 0.1) is 12.7 Å². The molecule has 2 aromatic heterocycles. The first-order valence-electron chi connectivity index (χ1n) is 10.2. The lowest BCUT2D eigenvalue weighted by atomic mass is 10.1. The number of benzene rings is 2. The number of hydrogen-bond donors (Lipinski definition) is 1. The lowest BCUT2D eigenvalue weighted by Crippen LogP contribution is -2.18. The zero-order chi connectivity index (χ0) is 22.0. The predicted octanol–water partition coefficient (Wildman–Crippen LogP) is 4.30. The number of carbonyl (C=O) groups excluding carboxylic acids is 1. The first kappa shape index (κ1) is 20.8.